The van der Waals surface area contributed by atoms with Crippen LogP contribution in [-0.4, -0.2) is 26.5 Å². The quantitative estimate of drug-likeness (QED) is 0.0583. The Labute approximate surface area is 319 Å². The predicted octanol–water partition coefficient (Wildman–Crippen LogP) is 12.2. The molecule has 1 aliphatic rings. The second-order valence-corrected chi connectivity index (χ2v) is 12.8. The third kappa shape index (κ3) is 5.81. The summed E-state index contributed by atoms with van der Waals surface area (Å²) in [6, 6.07) is 6.02. The Morgan fingerprint density at radius 1 is 0.390 bits per heavy atom. The van der Waals surface area contributed by atoms with E-state index >= 15 is 35.1 Å². The van der Waals surface area contributed by atoms with Gasteiger partial charge in [0.25, 0.3) is 0 Å². The lowest BCUT2D eigenvalue weighted by Crippen LogP contribution is -2.09. The lowest BCUT2D eigenvalue weighted by Gasteiger charge is -2.13. The first-order valence-electron chi connectivity index (χ1n) is 16.7. The Kier molecular flexibility index (Phi) is 9.27. The molecular weight excluding hydrogens is 816 g/mol. The molecule has 300 valence electrons. The fourth-order valence-corrected chi connectivity index (χ4v) is 6.77. The number of hydrogen-bond acceptors (Lipinski definition) is 2. The summed E-state index contributed by atoms with van der Waals surface area (Å²) in [5, 5.41) is 2.14. The average Bonchev–Trinajstić information content (AvgIpc) is 4.07. The Morgan fingerprint density at radius 3 is 1.10 bits per heavy atom. The van der Waals surface area contributed by atoms with E-state index in [9.17, 15) is 26.3 Å². The van der Waals surface area contributed by atoms with Gasteiger partial charge in [-0.15, -0.1) is 6.58 Å². The molecule has 0 unspecified atom stereocenters. The van der Waals surface area contributed by atoms with Crippen molar-refractivity contribution in [2.45, 2.75) is 0 Å². The van der Waals surface area contributed by atoms with E-state index in [1.54, 1.807) is 0 Å². The van der Waals surface area contributed by atoms with Crippen molar-refractivity contribution in [3.8, 4) is 33.4 Å². The monoisotopic (exact) mass is 833 g/mol. The number of H-pyrrole nitrogens is 3. The van der Waals surface area contributed by atoms with E-state index < -0.39 is 148 Å². The number of benzene rings is 3. The van der Waals surface area contributed by atoms with E-state index in [1.165, 1.54) is 12.1 Å². The fraction of sp³-hybridized carbons (Fsp3) is 0.0250. The van der Waals surface area contributed by atoms with E-state index in [0.717, 1.165) is 42.5 Å². The second-order valence-electron chi connectivity index (χ2n) is 12.8. The molecule has 8 bridgehead atoms. The highest BCUT2D eigenvalue weighted by molar-refractivity contribution is 6.01. The molecule has 0 radical (unpaired) electrons. The van der Waals surface area contributed by atoms with Crippen molar-refractivity contribution in [1.29, 1.82) is 0 Å². The second kappa shape index (κ2) is 14.1. The Balaban J connectivity index is 1.62. The molecule has 3 aromatic carbocycles. The topological polar surface area (TPSA) is 72.3 Å². The van der Waals surface area contributed by atoms with Crippen LogP contribution in [0.25, 0.3) is 78.6 Å². The van der Waals surface area contributed by atoms with Gasteiger partial charge in [-0.05, 0) is 48.6 Å². The number of aromatic amines is 3. The van der Waals surface area contributed by atoms with Crippen LogP contribution in [0.3, 0.4) is 0 Å². The molecule has 0 atom stereocenters. The summed E-state index contributed by atoms with van der Waals surface area (Å²) < 4.78 is 213. The molecule has 1 aliphatic heterocycles. The third-order valence-electron chi connectivity index (χ3n) is 9.43. The van der Waals surface area contributed by atoms with Gasteiger partial charge in [-0.1, -0.05) is 6.08 Å². The van der Waals surface area contributed by atoms with E-state index in [0.29, 0.717) is 0 Å². The first kappa shape index (κ1) is 38.8. The van der Waals surface area contributed by atoms with Crippen LogP contribution in [0.15, 0.2) is 49.1 Å². The number of fused-ring (bicyclic) bond motifs is 9. The molecule has 0 spiro atoms. The van der Waals surface area contributed by atoms with Crippen molar-refractivity contribution < 1.29 is 61.5 Å². The first-order valence-corrected chi connectivity index (χ1v) is 16.7. The molecule has 8 rings (SSSR count). The van der Waals surface area contributed by atoms with Crippen LogP contribution >= 0.6 is 0 Å². The van der Waals surface area contributed by atoms with Gasteiger partial charge in [0.15, 0.2) is 69.8 Å². The van der Waals surface area contributed by atoms with Crippen molar-refractivity contribution in [1.82, 2.24) is 19.9 Å². The summed E-state index contributed by atoms with van der Waals surface area (Å²) >= 11 is 0. The summed E-state index contributed by atoms with van der Waals surface area (Å²) in [4.78, 5) is 12.0. The largest absolute Gasteiger partial charge is 0.377 e. The highest BCUT2D eigenvalue weighted by Gasteiger charge is 2.32. The number of rotatable bonds is 6. The molecule has 5 nitrogen and oxygen atoms in total. The molecule has 0 saturated heterocycles. The van der Waals surface area contributed by atoms with Crippen LogP contribution in [0.1, 0.15) is 11.4 Å². The van der Waals surface area contributed by atoms with Gasteiger partial charge >= 0.3 is 0 Å². The van der Waals surface area contributed by atoms with Crippen LogP contribution in [0.2, 0.25) is 0 Å². The molecule has 0 saturated carbocycles. The fourth-order valence-electron chi connectivity index (χ4n) is 6.77. The van der Waals surface area contributed by atoms with E-state index in [-0.39, 0.29) is 23.3 Å². The van der Waals surface area contributed by atoms with Crippen LogP contribution in [0, 0.1) is 81.4 Å². The third-order valence-corrected chi connectivity index (χ3v) is 9.43. The molecule has 0 amide bonds. The zero-order valence-electron chi connectivity index (χ0n) is 28.8. The zero-order valence-corrected chi connectivity index (χ0v) is 28.8. The van der Waals surface area contributed by atoms with Crippen LogP contribution < -0.4 is 5.32 Å². The SMILES string of the molecule is C=CCNc1c(F)c(F)c(-c2c3ccc([nH]3)c3nc(c(-c4c(F)c(F)c(F)c(F)c4F)c4ccc([nH]4)c(-c4c(F)c(F)c(F)c(F)c4F)c4ccc2[nH]4)C=C3)c(F)c1F. The number of anilines is 1. The molecule has 7 aromatic rings. The van der Waals surface area contributed by atoms with Crippen LogP contribution in [-0.2, 0) is 0 Å². The number of nitrogens with zero attached hydrogens (tertiary/aromatic N) is 1. The molecule has 59 heavy (non-hydrogen) atoms. The van der Waals surface area contributed by atoms with Crippen molar-refractivity contribution in [2.24, 2.45) is 0 Å². The maximum atomic E-state index is 16.1. The number of hydrogen-bond donors (Lipinski definition) is 4. The highest BCUT2D eigenvalue weighted by Crippen LogP contribution is 2.42. The van der Waals surface area contributed by atoms with Crippen LogP contribution in [0.5, 0.6) is 0 Å². The van der Waals surface area contributed by atoms with Gasteiger partial charge in [0.2, 0.25) is 11.6 Å². The molecular formula is C40H17F14N5. The molecule has 0 fully saturated rings. The van der Waals surface area contributed by atoms with Gasteiger partial charge in [-0.2, -0.15) is 0 Å². The molecule has 4 aromatic heterocycles. The van der Waals surface area contributed by atoms with Crippen molar-refractivity contribution in [3.63, 3.8) is 0 Å². The van der Waals surface area contributed by atoms with E-state index in [2.05, 4.69) is 31.8 Å². The molecule has 19 heteroatoms. The maximum Gasteiger partial charge on any atom is 0.200 e. The van der Waals surface area contributed by atoms with Crippen LogP contribution in [0.4, 0.5) is 67.2 Å². The van der Waals surface area contributed by atoms with Gasteiger partial charge in [0.1, 0.15) is 5.69 Å². The summed E-state index contributed by atoms with van der Waals surface area (Å²) in [7, 11) is 0. The number of halogens is 14. The van der Waals surface area contributed by atoms with Gasteiger partial charge < -0.3 is 20.3 Å². The Morgan fingerprint density at radius 2 is 0.695 bits per heavy atom. The van der Waals surface area contributed by atoms with E-state index in [4.69, 9.17) is 0 Å². The summed E-state index contributed by atoms with van der Waals surface area (Å²) in [6.45, 7) is 3.02. The number of aromatic nitrogens is 4. The van der Waals surface area contributed by atoms with Crippen molar-refractivity contribution in [3.05, 3.63) is 142 Å². The summed E-state index contributed by atoms with van der Waals surface area (Å²) in [5.41, 5.74) is -11.7. The average molecular weight is 834 g/mol. The minimum Gasteiger partial charge on any atom is -0.377 e. The summed E-state index contributed by atoms with van der Waals surface area (Å²) in [6.07, 6.45) is 3.35. The maximum absolute atomic E-state index is 16.1. The minimum atomic E-state index is -2.57. The number of nitrogens with one attached hydrogen (secondary N) is 4. The lowest BCUT2D eigenvalue weighted by atomic mass is 10.0. The first-order chi connectivity index (χ1) is 28.1. The zero-order chi connectivity index (χ0) is 42.3. The molecule has 5 heterocycles. The lowest BCUT2D eigenvalue weighted by molar-refractivity contribution is 0.381. The van der Waals surface area contributed by atoms with Gasteiger partial charge in [-0.3, -0.25) is 0 Å². The normalized spacial score (nSPS) is 12.0. The summed E-state index contributed by atoms with van der Waals surface area (Å²) in [5.74, 6) is -31.9. The van der Waals surface area contributed by atoms with Crippen molar-refractivity contribution in [2.75, 3.05) is 11.9 Å². The molecule has 4 N–H and O–H groups in total. The standard InChI is InChI=1S/C40H17F14N5/c1-2-11-55-40-38(53)30(45)25(31(46)39(40)54)21-15-6-4-13(57-15)12-3-5-14(56-12)20(23-26(41)32(47)36(51)33(48)27(23)42)16-7-9-18(58-16)22(19-10-8-17(21)59-19)24-28(43)34(49)37(52)35(50)29(24)44/h2-10,55,57-59H,1,11H2. The van der Waals surface area contributed by atoms with Crippen molar-refractivity contribution >= 4 is 50.9 Å². The smallest absolute Gasteiger partial charge is 0.200 e. The minimum absolute atomic E-state index is 0.0611. The van der Waals surface area contributed by atoms with Gasteiger partial charge in [0, 0.05) is 50.8 Å². The predicted molar refractivity (Wildman–Crippen MR) is 190 cm³/mol. The van der Waals surface area contributed by atoms with E-state index in [1.807, 2.05) is 0 Å². The molecule has 0 aliphatic carbocycles. The van der Waals surface area contributed by atoms with Gasteiger partial charge in [0.05, 0.1) is 33.6 Å². The Hall–Kier alpha value is -7.05. The Bertz CT molecular complexity index is 3050. The highest BCUT2D eigenvalue weighted by atomic mass is 19.2. The van der Waals surface area contributed by atoms with Gasteiger partial charge in [-0.25, -0.2) is 66.4 Å².